The minimum atomic E-state index is -0.171. The van der Waals surface area contributed by atoms with Crippen LogP contribution >= 0.6 is 15.9 Å². The van der Waals surface area contributed by atoms with Gasteiger partial charge in [0.15, 0.2) is 11.5 Å². The molecule has 3 rings (SSSR count). The SMILES string of the molecule is Cc1noc(-c2cn(CCNC(=O)/C=C/c3ccc(Br)cc3)nn2)n1. The van der Waals surface area contributed by atoms with E-state index in [1.54, 1.807) is 23.9 Å². The van der Waals surface area contributed by atoms with Crippen LogP contribution in [0.3, 0.4) is 0 Å². The first kappa shape index (κ1) is 17.0. The monoisotopic (exact) mass is 402 g/mol. The van der Waals surface area contributed by atoms with Crippen molar-refractivity contribution in [2.24, 2.45) is 0 Å². The van der Waals surface area contributed by atoms with E-state index in [-0.39, 0.29) is 5.91 Å². The molecule has 0 atom stereocenters. The van der Waals surface area contributed by atoms with Crippen molar-refractivity contribution in [3.8, 4) is 11.6 Å². The second kappa shape index (κ2) is 7.84. The maximum Gasteiger partial charge on any atom is 0.280 e. The molecule has 9 heteroatoms. The minimum Gasteiger partial charge on any atom is -0.351 e. The number of aromatic nitrogens is 5. The summed E-state index contributed by atoms with van der Waals surface area (Å²) in [5, 5.41) is 14.4. The van der Waals surface area contributed by atoms with Gasteiger partial charge in [-0.25, -0.2) is 4.68 Å². The van der Waals surface area contributed by atoms with Crippen molar-refractivity contribution < 1.29 is 9.32 Å². The van der Waals surface area contributed by atoms with E-state index in [4.69, 9.17) is 4.52 Å². The molecule has 2 heterocycles. The van der Waals surface area contributed by atoms with E-state index in [9.17, 15) is 4.79 Å². The number of aryl methyl sites for hydroxylation is 1. The predicted molar refractivity (Wildman–Crippen MR) is 94.2 cm³/mol. The van der Waals surface area contributed by atoms with E-state index in [1.807, 2.05) is 24.3 Å². The van der Waals surface area contributed by atoms with Crippen molar-refractivity contribution in [1.29, 1.82) is 0 Å². The lowest BCUT2D eigenvalue weighted by molar-refractivity contribution is -0.116. The summed E-state index contributed by atoms with van der Waals surface area (Å²) in [6.45, 7) is 2.64. The Morgan fingerprint density at radius 3 is 2.88 bits per heavy atom. The van der Waals surface area contributed by atoms with Crippen LogP contribution in [-0.2, 0) is 11.3 Å². The third-order valence-corrected chi connectivity index (χ3v) is 3.75. The number of hydrogen-bond donors (Lipinski definition) is 1. The summed E-state index contributed by atoms with van der Waals surface area (Å²) in [6, 6.07) is 7.68. The van der Waals surface area contributed by atoms with E-state index < -0.39 is 0 Å². The zero-order valence-corrected chi connectivity index (χ0v) is 15.0. The van der Waals surface area contributed by atoms with E-state index in [1.165, 1.54) is 6.08 Å². The van der Waals surface area contributed by atoms with Gasteiger partial charge in [0.05, 0.1) is 12.7 Å². The van der Waals surface area contributed by atoms with Gasteiger partial charge in [-0.05, 0) is 30.7 Å². The minimum absolute atomic E-state index is 0.171. The Hall–Kier alpha value is -2.81. The average Bonchev–Trinajstić information content (AvgIpc) is 3.23. The molecule has 8 nitrogen and oxygen atoms in total. The van der Waals surface area contributed by atoms with Crippen molar-refractivity contribution in [2.75, 3.05) is 6.54 Å². The van der Waals surface area contributed by atoms with Gasteiger partial charge < -0.3 is 9.84 Å². The average molecular weight is 403 g/mol. The zero-order chi connectivity index (χ0) is 17.6. The molecule has 1 amide bonds. The van der Waals surface area contributed by atoms with Crippen LogP contribution in [0, 0.1) is 6.92 Å². The number of carbonyl (C=O) groups is 1. The van der Waals surface area contributed by atoms with Gasteiger partial charge >= 0.3 is 0 Å². The number of hydrogen-bond acceptors (Lipinski definition) is 6. The van der Waals surface area contributed by atoms with Crippen molar-refractivity contribution >= 4 is 27.9 Å². The molecular formula is C16H15BrN6O2. The second-order valence-electron chi connectivity index (χ2n) is 5.19. The molecule has 0 fully saturated rings. The van der Waals surface area contributed by atoms with Crippen LogP contribution in [0.25, 0.3) is 17.7 Å². The van der Waals surface area contributed by atoms with E-state index in [0.717, 1.165) is 10.0 Å². The van der Waals surface area contributed by atoms with Gasteiger partial charge in [-0.15, -0.1) is 5.10 Å². The van der Waals surface area contributed by atoms with Gasteiger partial charge in [0.25, 0.3) is 5.89 Å². The molecule has 0 spiro atoms. The zero-order valence-electron chi connectivity index (χ0n) is 13.4. The first-order chi connectivity index (χ1) is 12.1. The van der Waals surface area contributed by atoms with Gasteiger partial charge in [0, 0.05) is 17.1 Å². The number of benzene rings is 1. The summed E-state index contributed by atoms with van der Waals surface area (Å²) in [4.78, 5) is 15.9. The third-order valence-electron chi connectivity index (χ3n) is 3.22. The number of halogens is 1. The van der Waals surface area contributed by atoms with Crippen molar-refractivity contribution in [1.82, 2.24) is 30.5 Å². The highest BCUT2D eigenvalue weighted by Crippen LogP contribution is 2.12. The maximum absolute atomic E-state index is 11.8. The molecular weight excluding hydrogens is 388 g/mol. The summed E-state index contributed by atoms with van der Waals surface area (Å²) >= 11 is 3.37. The fourth-order valence-electron chi connectivity index (χ4n) is 2.01. The molecule has 128 valence electrons. The lowest BCUT2D eigenvalue weighted by atomic mass is 10.2. The molecule has 0 bridgehead atoms. The molecule has 0 aliphatic heterocycles. The normalized spacial score (nSPS) is 11.1. The van der Waals surface area contributed by atoms with Crippen LogP contribution in [0.4, 0.5) is 0 Å². The van der Waals surface area contributed by atoms with Crippen molar-refractivity contribution in [3.05, 3.63) is 52.4 Å². The quantitative estimate of drug-likeness (QED) is 0.634. The Balaban J connectivity index is 1.47. The highest BCUT2D eigenvalue weighted by atomic mass is 79.9. The summed E-state index contributed by atoms with van der Waals surface area (Å²) in [7, 11) is 0. The Labute approximate surface area is 152 Å². The van der Waals surface area contributed by atoms with Gasteiger partial charge in [-0.1, -0.05) is 38.4 Å². The third kappa shape index (κ3) is 4.83. The number of amides is 1. The van der Waals surface area contributed by atoms with Gasteiger partial charge in [-0.3, -0.25) is 4.79 Å². The molecule has 0 saturated heterocycles. The van der Waals surface area contributed by atoms with Crippen LogP contribution in [0.5, 0.6) is 0 Å². The van der Waals surface area contributed by atoms with Crippen LogP contribution < -0.4 is 5.32 Å². The summed E-state index contributed by atoms with van der Waals surface area (Å²) in [5.41, 5.74) is 1.45. The summed E-state index contributed by atoms with van der Waals surface area (Å²) in [6.07, 6.45) is 4.95. The first-order valence-electron chi connectivity index (χ1n) is 7.52. The fraction of sp³-hybridized carbons (Fsp3) is 0.188. The fourth-order valence-corrected chi connectivity index (χ4v) is 2.27. The summed E-state index contributed by atoms with van der Waals surface area (Å²) in [5.74, 6) is 0.690. The number of carbonyl (C=O) groups excluding carboxylic acids is 1. The van der Waals surface area contributed by atoms with E-state index >= 15 is 0 Å². The maximum atomic E-state index is 11.8. The van der Waals surface area contributed by atoms with Gasteiger partial charge in [0.1, 0.15) is 0 Å². The molecule has 25 heavy (non-hydrogen) atoms. The Kier molecular flexibility index (Phi) is 5.34. The lowest BCUT2D eigenvalue weighted by Gasteiger charge is -2.01. The van der Waals surface area contributed by atoms with E-state index in [2.05, 4.69) is 41.7 Å². The molecule has 1 N–H and O–H groups in total. The summed E-state index contributed by atoms with van der Waals surface area (Å²) < 4.78 is 7.63. The second-order valence-corrected chi connectivity index (χ2v) is 6.11. The van der Waals surface area contributed by atoms with Gasteiger partial charge in [0.2, 0.25) is 5.91 Å². The topological polar surface area (TPSA) is 98.7 Å². The first-order valence-corrected chi connectivity index (χ1v) is 8.32. The number of nitrogens with one attached hydrogen (secondary N) is 1. The molecule has 0 unspecified atom stereocenters. The standard InChI is InChI=1S/C16H15BrN6O2/c1-11-19-16(25-21-11)14-10-23(22-20-14)9-8-18-15(24)7-4-12-2-5-13(17)6-3-12/h2-7,10H,8-9H2,1H3,(H,18,24)/b7-4+. The number of rotatable bonds is 6. The molecule has 0 saturated carbocycles. The van der Waals surface area contributed by atoms with E-state index in [0.29, 0.717) is 30.5 Å². The largest absolute Gasteiger partial charge is 0.351 e. The Morgan fingerprint density at radius 2 is 2.16 bits per heavy atom. The molecule has 1 aromatic carbocycles. The van der Waals surface area contributed by atoms with Crippen molar-refractivity contribution in [3.63, 3.8) is 0 Å². The smallest absolute Gasteiger partial charge is 0.280 e. The van der Waals surface area contributed by atoms with Crippen LogP contribution in [0.2, 0.25) is 0 Å². The van der Waals surface area contributed by atoms with Crippen molar-refractivity contribution in [2.45, 2.75) is 13.5 Å². The predicted octanol–water partition coefficient (Wildman–Crippen LogP) is 2.23. The molecule has 3 aromatic rings. The molecule has 0 aliphatic carbocycles. The molecule has 0 aliphatic rings. The molecule has 2 aromatic heterocycles. The number of nitrogens with zero attached hydrogens (tertiary/aromatic N) is 5. The highest BCUT2D eigenvalue weighted by molar-refractivity contribution is 9.10. The van der Waals surface area contributed by atoms with Gasteiger partial charge in [-0.2, -0.15) is 4.98 Å². The highest BCUT2D eigenvalue weighted by Gasteiger charge is 2.10. The lowest BCUT2D eigenvalue weighted by Crippen LogP contribution is -2.25. The van der Waals surface area contributed by atoms with Crippen LogP contribution in [-0.4, -0.2) is 37.6 Å². The Morgan fingerprint density at radius 1 is 1.36 bits per heavy atom. The Bertz CT molecular complexity index is 884. The molecule has 0 radical (unpaired) electrons. The van der Waals surface area contributed by atoms with Crippen LogP contribution in [0.1, 0.15) is 11.4 Å². The van der Waals surface area contributed by atoms with Crippen LogP contribution in [0.15, 0.2) is 45.5 Å².